The average molecular weight is 230 g/mol. The van der Waals surface area contributed by atoms with Gasteiger partial charge in [0.1, 0.15) is 11.7 Å². The predicted octanol–water partition coefficient (Wildman–Crippen LogP) is 1.02. The number of nitrogens with two attached hydrogens (primary N) is 2. The van der Waals surface area contributed by atoms with E-state index >= 15 is 0 Å². The molecule has 6 N–H and O–H groups in total. The lowest BCUT2D eigenvalue weighted by Crippen LogP contribution is -2.43. The van der Waals surface area contributed by atoms with Crippen molar-refractivity contribution >= 4 is 11.7 Å². The van der Waals surface area contributed by atoms with E-state index in [-0.39, 0.29) is 35.3 Å². The summed E-state index contributed by atoms with van der Waals surface area (Å²) in [6.45, 7) is 7.79. The normalized spacial score (nSPS) is 17.9. The summed E-state index contributed by atoms with van der Waals surface area (Å²) in [6.07, 6.45) is 0. The van der Waals surface area contributed by atoms with Crippen molar-refractivity contribution < 1.29 is 10.4 Å². The fraction of sp³-hybridized carbons (Fsp3) is 0.800. The lowest BCUT2D eigenvalue weighted by molar-refractivity contribution is 0.275. The van der Waals surface area contributed by atoms with Gasteiger partial charge < -0.3 is 21.9 Å². The molecule has 0 fully saturated rings. The SMILES string of the molecule is CC(C)C(/C(N)=N/O)C(/C(N)=N/O)C(C)C. The largest absolute Gasteiger partial charge is 0.409 e. The Balaban J connectivity index is 5.28. The van der Waals surface area contributed by atoms with E-state index in [0.29, 0.717) is 0 Å². The standard InChI is InChI=1S/C10H22N4O2/c1-5(2)7(9(11)13-15)8(6(3)4)10(12)14-16/h5-8,15-16H,1-4H3,(H2,11,13)(H2,12,14). The number of hydrogen-bond donors (Lipinski definition) is 4. The quantitative estimate of drug-likeness (QED) is 0.244. The van der Waals surface area contributed by atoms with Crippen LogP contribution >= 0.6 is 0 Å². The molecule has 0 bridgehead atoms. The minimum Gasteiger partial charge on any atom is -0.409 e. The maximum atomic E-state index is 8.76. The van der Waals surface area contributed by atoms with E-state index < -0.39 is 0 Å². The Bertz CT molecular complexity index is 246. The van der Waals surface area contributed by atoms with Crippen LogP contribution in [0.25, 0.3) is 0 Å². The first kappa shape index (κ1) is 14.5. The van der Waals surface area contributed by atoms with Crippen LogP contribution in [0.5, 0.6) is 0 Å². The maximum absolute atomic E-state index is 8.76. The van der Waals surface area contributed by atoms with Crippen molar-refractivity contribution in [1.82, 2.24) is 0 Å². The first-order chi connectivity index (χ1) is 7.36. The zero-order valence-corrected chi connectivity index (χ0v) is 10.3. The summed E-state index contributed by atoms with van der Waals surface area (Å²) in [5.74, 6) is -0.0189. The molecular formula is C10H22N4O2. The first-order valence-corrected chi connectivity index (χ1v) is 5.31. The molecular weight excluding hydrogens is 208 g/mol. The second kappa shape index (κ2) is 6.19. The van der Waals surface area contributed by atoms with E-state index in [1.54, 1.807) is 0 Å². The van der Waals surface area contributed by atoms with Crippen molar-refractivity contribution in [2.75, 3.05) is 0 Å². The third-order valence-electron chi connectivity index (χ3n) is 2.74. The Morgan fingerprint density at radius 1 is 0.812 bits per heavy atom. The molecule has 0 radical (unpaired) electrons. The van der Waals surface area contributed by atoms with Gasteiger partial charge in [0.2, 0.25) is 0 Å². The van der Waals surface area contributed by atoms with Gasteiger partial charge in [-0.2, -0.15) is 0 Å². The van der Waals surface area contributed by atoms with Gasteiger partial charge in [0.05, 0.1) is 0 Å². The van der Waals surface area contributed by atoms with Crippen LogP contribution in [0.3, 0.4) is 0 Å². The number of nitrogens with zero attached hydrogens (tertiary/aromatic N) is 2. The summed E-state index contributed by atoms with van der Waals surface area (Å²) in [7, 11) is 0. The number of rotatable bonds is 5. The zero-order chi connectivity index (χ0) is 12.9. The number of amidine groups is 2. The van der Waals surface area contributed by atoms with Crippen molar-refractivity contribution in [2.45, 2.75) is 27.7 Å². The lowest BCUT2D eigenvalue weighted by atomic mass is 9.76. The molecule has 2 unspecified atom stereocenters. The highest BCUT2D eigenvalue weighted by molar-refractivity contribution is 5.91. The second-order valence-corrected chi connectivity index (χ2v) is 4.59. The lowest BCUT2D eigenvalue weighted by Gasteiger charge is -2.30. The van der Waals surface area contributed by atoms with Crippen LogP contribution in [0.4, 0.5) is 0 Å². The molecule has 0 aliphatic rings. The number of hydrogen-bond acceptors (Lipinski definition) is 4. The Morgan fingerprint density at radius 2 is 1.06 bits per heavy atom. The van der Waals surface area contributed by atoms with Crippen molar-refractivity contribution in [2.24, 2.45) is 45.5 Å². The molecule has 0 spiro atoms. The van der Waals surface area contributed by atoms with E-state index in [9.17, 15) is 0 Å². The second-order valence-electron chi connectivity index (χ2n) is 4.59. The van der Waals surface area contributed by atoms with Crippen molar-refractivity contribution in [3.05, 3.63) is 0 Å². The monoisotopic (exact) mass is 230 g/mol. The van der Waals surface area contributed by atoms with Gasteiger partial charge in [-0.15, -0.1) is 0 Å². The predicted molar refractivity (Wildman–Crippen MR) is 63.5 cm³/mol. The van der Waals surface area contributed by atoms with Gasteiger partial charge in [-0.05, 0) is 11.8 Å². The third kappa shape index (κ3) is 3.29. The van der Waals surface area contributed by atoms with Gasteiger partial charge in [-0.1, -0.05) is 38.0 Å². The summed E-state index contributed by atoms with van der Waals surface area (Å²) in [5, 5.41) is 23.6. The van der Waals surface area contributed by atoms with Crippen LogP contribution in [-0.2, 0) is 0 Å². The molecule has 0 aliphatic carbocycles. The molecule has 0 heterocycles. The molecule has 16 heavy (non-hydrogen) atoms. The highest BCUT2D eigenvalue weighted by Gasteiger charge is 2.33. The summed E-state index contributed by atoms with van der Waals surface area (Å²) >= 11 is 0. The van der Waals surface area contributed by atoms with Crippen LogP contribution in [-0.4, -0.2) is 22.1 Å². The van der Waals surface area contributed by atoms with Crippen LogP contribution in [0.15, 0.2) is 10.3 Å². The molecule has 0 aliphatic heterocycles. The Morgan fingerprint density at radius 3 is 1.19 bits per heavy atom. The molecule has 0 saturated heterocycles. The maximum Gasteiger partial charge on any atom is 0.143 e. The van der Waals surface area contributed by atoms with Crippen LogP contribution < -0.4 is 11.5 Å². The summed E-state index contributed by atoms with van der Waals surface area (Å²) in [5.41, 5.74) is 11.3. The molecule has 0 aromatic rings. The van der Waals surface area contributed by atoms with Gasteiger partial charge in [0.25, 0.3) is 0 Å². The van der Waals surface area contributed by atoms with E-state index in [0.717, 1.165) is 0 Å². The van der Waals surface area contributed by atoms with Crippen molar-refractivity contribution in [3.63, 3.8) is 0 Å². The summed E-state index contributed by atoms with van der Waals surface area (Å²) < 4.78 is 0. The van der Waals surface area contributed by atoms with Gasteiger partial charge >= 0.3 is 0 Å². The fourth-order valence-electron chi connectivity index (χ4n) is 2.01. The average Bonchev–Trinajstić information content (AvgIpc) is 2.22. The van der Waals surface area contributed by atoms with Gasteiger partial charge in [0.15, 0.2) is 0 Å². The van der Waals surface area contributed by atoms with Crippen LogP contribution in [0, 0.1) is 23.7 Å². The Hall–Kier alpha value is -1.46. The molecule has 6 heteroatoms. The van der Waals surface area contributed by atoms with E-state index in [1.807, 2.05) is 27.7 Å². The Kier molecular flexibility index (Phi) is 5.63. The minimum absolute atomic E-state index is 0.111. The summed E-state index contributed by atoms with van der Waals surface area (Å²) in [4.78, 5) is 0. The zero-order valence-electron chi connectivity index (χ0n) is 10.3. The highest BCUT2D eigenvalue weighted by atomic mass is 16.4. The molecule has 0 aromatic heterocycles. The van der Waals surface area contributed by atoms with E-state index in [2.05, 4.69) is 10.3 Å². The molecule has 0 saturated carbocycles. The molecule has 0 aromatic carbocycles. The van der Waals surface area contributed by atoms with Crippen molar-refractivity contribution in [1.29, 1.82) is 0 Å². The molecule has 2 atom stereocenters. The van der Waals surface area contributed by atoms with Crippen LogP contribution in [0.2, 0.25) is 0 Å². The minimum atomic E-state index is -0.249. The van der Waals surface area contributed by atoms with E-state index in [1.165, 1.54) is 0 Å². The molecule has 0 rings (SSSR count). The van der Waals surface area contributed by atoms with Gasteiger partial charge in [-0.3, -0.25) is 0 Å². The molecule has 94 valence electrons. The first-order valence-electron chi connectivity index (χ1n) is 5.31. The fourth-order valence-corrected chi connectivity index (χ4v) is 2.01. The number of oxime groups is 2. The smallest absolute Gasteiger partial charge is 0.143 e. The highest BCUT2D eigenvalue weighted by Crippen LogP contribution is 2.28. The van der Waals surface area contributed by atoms with Gasteiger partial charge in [-0.25, -0.2) is 0 Å². The molecule has 0 amide bonds. The molecule has 6 nitrogen and oxygen atoms in total. The van der Waals surface area contributed by atoms with Crippen LogP contribution in [0.1, 0.15) is 27.7 Å². The van der Waals surface area contributed by atoms with Crippen molar-refractivity contribution in [3.8, 4) is 0 Å². The van der Waals surface area contributed by atoms with E-state index in [4.69, 9.17) is 21.9 Å². The Labute approximate surface area is 96.0 Å². The third-order valence-corrected chi connectivity index (χ3v) is 2.74. The summed E-state index contributed by atoms with van der Waals surface area (Å²) in [6, 6.07) is 0. The van der Waals surface area contributed by atoms with Gasteiger partial charge in [0, 0.05) is 11.8 Å². The topological polar surface area (TPSA) is 117 Å².